The summed E-state index contributed by atoms with van der Waals surface area (Å²) >= 11 is 0. The molecule has 1 amide bonds. The van der Waals surface area contributed by atoms with E-state index in [1.807, 2.05) is 27.7 Å². The number of carbonyl (C=O) groups excluding carboxylic acids is 2. The van der Waals surface area contributed by atoms with Gasteiger partial charge in [0.15, 0.2) is 0 Å². The number of methoxy groups -OCH3 is 1. The molecule has 2 rings (SSSR count). The molecular formula is C22H29N3O6. The van der Waals surface area contributed by atoms with Crippen LogP contribution in [0.5, 0.6) is 17.4 Å². The fraction of sp³-hybridized carbons (Fsp3) is 0.455. The van der Waals surface area contributed by atoms with Gasteiger partial charge in [-0.15, -0.1) is 0 Å². The van der Waals surface area contributed by atoms with Gasteiger partial charge in [0.25, 0.3) is 5.91 Å². The molecule has 0 saturated heterocycles. The molecule has 1 aromatic heterocycles. The van der Waals surface area contributed by atoms with Crippen LogP contribution in [0.4, 0.5) is 0 Å². The predicted molar refractivity (Wildman–Crippen MR) is 114 cm³/mol. The molecule has 0 N–H and O–H groups in total. The quantitative estimate of drug-likeness (QED) is 0.587. The van der Waals surface area contributed by atoms with E-state index in [4.69, 9.17) is 18.9 Å². The second-order valence-corrected chi connectivity index (χ2v) is 8.08. The Morgan fingerprint density at radius 2 is 1.74 bits per heavy atom. The maximum absolute atomic E-state index is 12.1. The highest BCUT2D eigenvalue weighted by Crippen LogP contribution is 2.28. The first-order chi connectivity index (χ1) is 14.5. The molecule has 31 heavy (non-hydrogen) atoms. The summed E-state index contributed by atoms with van der Waals surface area (Å²) in [5.74, 6) is 0.0753. The van der Waals surface area contributed by atoms with Gasteiger partial charge in [-0.1, -0.05) is 0 Å². The molecule has 1 aromatic carbocycles. The van der Waals surface area contributed by atoms with E-state index in [1.165, 1.54) is 30.5 Å². The Hall–Kier alpha value is -3.20. The molecule has 1 atom stereocenters. The topological polar surface area (TPSA) is 100 Å². The molecule has 0 radical (unpaired) electrons. The number of ether oxygens (including phenoxy) is 4. The molecule has 1 unspecified atom stereocenters. The molecule has 0 aliphatic heterocycles. The van der Waals surface area contributed by atoms with Crippen LogP contribution in [0, 0.1) is 0 Å². The van der Waals surface area contributed by atoms with Crippen molar-refractivity contribution in [2.45, 2.75) is 39.4 Å². The van der Waals surface area contributed by atoms with Crippen molar-refractivity contribution in [1.82, 2.24) is 14.9 Å². The van der Waals surface area contributed by atoms with Gasteiger partial charge in [0.2, 0.25) is 5.88 Å². The summed E-state index contributed by atoms with van der Waals surface area (Å²) < 4.78 is 22.2. The van der Waals surface area contributed by atoms with Gasteiger partial charge in [-0.3, -0.25) is 4.79 Å². The standard InChI is InChI=1S/C22H29N3O6/c1-14(13-29-22(2,3)4)30-16-8-15(21(27)28-7)9-17(10-16)31-19-12-23-18(11-24-19)20(26)25(5)6/h8-12,14H,13H2,1-7H3. The Morgan fingerprint density at radius 3 is 2.29 bits per heavy atom. The molecule has 0 spiro atoms. The van der Waals surface area contributed by atoms with Crippen LogP contribution in [0.2, 0.25) is 0 Å². The van der Waals surface area contributed by atoms with E-state index in [1.54, 1.807) is 26.2 Å². The van der Waals surface area contributed by atoms with Crippen molar-refractivity contribution < 1.29 is 28.5 Å². The van der Waals surface area contributed by atoms with E-state index in [2.05, 4.69) is 9.97 Å². The molecule has 0 saturated carbocycles. The monoisotopic (exact) mass is 431 g/mol. The highest BCUT2D eigenvalue weighted by molar-refractivity contribution is 5.91. The minimum atomic E-state index is -0.535. The van der Waals surface area contributed by atoms with E-state index in [-0.39, 0.29) is 34.7 Å². The van der Waals surface area contributed by atoms with Crippen LogP contribution in [0.3, 0.4) is 0 Å². The Kier molecular flexibility index (Phi) is 7.93. The lowest BCUT2D eigenvalue weighted by molar-refractivity contribution is -0.0374. The Bertz CT molecular complexity index is 906. The van der Waals surface area contributed by atoms with Crippen molar-refractivity contribution >= 4 is 11.9 Å². The van der Waals surface area contributed by atoms with E-state index in [0.29, 0.717) is 18.1 Å². The zero-order chi connectivity index (χ0) is 23.2. The van der Waals surface area contributed by atoms with Crippen LogP contribution in [-0.4, -0.2) is 66.3 Å². The third-order valence-corrected chi connectivity index (χ3v) is 3.87. The van der Waals surface area contributed by atoms with Crippen molar-refractivity contribution in [3.63, 3.8) is 0 Å². The molecule has 0 aliphatic carbocycles. The summed E-state index contributed by atoms with van der Waals surface area (Å²) in [4.78, 5) is 33.6. The van der Waals surface area contributed by atoms with Crippen LogP contribution in [0.1, 0.15) is 48.5 Å². The summed E-state index contributed by atoms with van der Waals surface area (Å²) in [6, 6.07) is 4.70. The van der Waals surface area contributed by atoms with Gasteiger partial charge in [0, 0.05) is 20.2 Å². The largest absolute Gasteiger partial charge is 0.488 e. The van der Waals surface area contributed by atoms with Crippen molar-refractivity contribution in [1.29, 1.82) is 0 Å². The number of carbonyl (C=O) groups is 2. The van der Waals surface area contributed by atoms with Gasteiger partial charge in [-0.05, 0) is 39.8 Å². The number of benzene rings is 1. The van der Waals surface area contributed by atoms with E-state index >= 15 is 0 Å². The highest BCUT2D eigenvalue weighted by Gasteiger charge is 2.17. The Labute approximate surface area is 182 Å². The first-order valence-corrected chi connectivity index (χ1v) is 9.74. The maximum Gasteiger partial charge on any atom is 0.338 e. The van der Waals surface area contributed by atoms with E-state index in [9.17, 15) is 9.59 Å². The fourth-order valence-electron chi connectivity index (χ4n) is 2.40. The van der Waals surface area contributed by atoms with Crippen LogP contribution in [0.15, 0.2) is 30.6 Å². The second-order valence-electron chi connectivity index (χ2n) is 8.08. The van der Waals surface area contributed by atoms with Gasteiger partial charge in [-0.2, -0.15) is 0 Å². The zero-order valence-corrected chi connectivity index (χ0v) is 19.0. The number of esters is 1. The molecule has 1 heterocycles. The molecule has 0 bridgehead atoms. The zero-order valence-electron chi connectivity index (χ0n) is 19.0. The summed E-state index contributed by atoms with van der Waals surface area (Å²) in [6.07, 6.45) is 2.39. The van der Waals surface area contributed by atoms with E-state index < -0.39 is 5.97 Å². The Morgan fingerprint density at radius 1 is 1.06 bits per heavy atom. The van der Waals surface area contributed by atoms with Crippen LogP contribution >= 0.6 is 0 Å². The number of rotatable bonds is 8. The van der Waals surface area contributed by atoms with Crippen molar-refractivity contribution in [2.75, 3.05) is 27.8 Å². The van der Waals surface area contributed by atoms with Gasteiger partial charge < -0.3 is 23.8 Å². The molecule has 9 nitrogen and oxygen atoms in total. The Balaban J connectivity index is 2.21. The number of nitrogens with zero attached hydrogens (tertiary/aromatic N) is 3. The highest BCUT2D eigenvalue weighted by atomic mass is 16.5. The second kappa shape index (κ2) is 10.2. The number of amides is 1. The molecule has 0 aliphatic rings. The SMILES string of the molecule is COC(=O)c1cc(Oc2cnc(C(=O)N(C)C)cn2)cc(OC(C)COC(C)(C)C)c1. The summed E-state index contributed by atoms with van der Waals surface area (Å²) in [7, 11) is 4.55. The summed E-state index contributed by atoms with van der Waals surface area (Å²) in [6.45, 7) is 8.11. The number of aromatic nitrogens is 2. The van der Waals surface area contributed by atoms with Crippen molar-refractivity contribution in [3.05, 3.63) is 41.9 Å². The van der Waals surface area contributed by atoms with Crippen LogP contribution in [0.25, 0.3) is 0 Å². The van der Waals surface area contributed by atoms with Crippen molar-refractivity contribution in [2.24, 2.45) is 0 Å². The molecule has 9 heteroatoms. The maximum atomic E-state index is 12.1. The minimum Gasteiger partial charge on any atom is -0.488 e. The van der Waals surface area contributed by atoms with Crippen LogP contribution < -0.4 is 9.47 Å². The average molecular weight is 431 g/mol. The number of hydrogen-bond donors (Lipinski definition) is 0. The first kappa shape index (κ1) is 24.1. The third-order valence-electron chi connectivity index (χ3n) is 3.87. The lowest BCUT2D eigenvalue weighted by atomic mass is 10.2. The van der Waals surface area contributed by atoms with Crippen LogP contribution in [-0.2, 0) is 9.47 Å². The minimum absolute atomic E-state index is 0.160. The third kappa shape index (κ3) is 7.53. The number of hydrogen-bond acceptors (Lipinski definition) is 8. The van der Waals surface area contributed by atoms with E-state index in [0.717, 1.165) is 0 Å². The van der Waals surface area contributed by atoms with Gasteiger partial charge in [0.05, 0.1) is 37.3 Å². The summed E-state index contributed by atoms with van der Waals surface area (Å²) in [5.41, 5.74) is 0.155. The van der Waals surface area contributed by atoms with Gasteiger partial charge in [0.1, 0.15) is 23.3 Å². The summed E-state index contributed by atoms with van der Waals surface area (Å²) in [5, 5.41) is 0. The lowest BCUT2D eigenvalue weighted by Crippen LogP contribution is -2.27. The normalized spacial score (nSPS) is 12.1. The first-order valence-electron chi connectivity index (χ1n) is 9.74. The lowest BCUT2D eigenvalue weighted by Gasteiger charge is -2.23. The molecule has 2 aromatic rings. The van der Waals surface area contributed by atoms with Gasteiger partial charge >= 0.3 is 5.97 Å². The van der Waals surface area contributed by atoms with Crippen molar-refractivity contribution in [3.8, 4) is 17.4 Å². The predicted octanol–water partition coefficient (Wildman–Crippen LogP) is 3.34. The molecule has 0 fully saturated rings. The molecular weight excluding hydrogens is 402 g/mol. The smallest absolute Gasteiger partial charge is 0.338 e. The van der Waals surface area contributed by atoms with Gasteiger partial charge in [-0.25, -0.2) is 14.8 Å². The average Bonchev–Trinajstić information content (AvgIpc) is 2.71. The molecule has 168 valence electrons. The fourth-order valence-corrected chi connectivity index (χ4v) is 2.40.